The van der Waals surface area contributed by atoms with Gasteiger partial charge in [0.25, 0.3) is 5.69 Å². The van der Waals surface area contributed by atoms with Gasteiger partial charge in [-0.05, 0) is 37.1 Å². The average molecular weight is 455 g/mol. The number of nitro groups is 1. The first-order chi connectivity index (χ1) is 15.2. The fraction of sp³-hybridized carbons (Fsp3) is 0.476. The minimum atomic E-state index is -4.66. The molecule has 0 bridgehead atoms. The number of amides is 1. The van der Waals surface area contributed by atoms with Crippen LogP contribution in [0.4, 0.5) is 24.5 Å². The van der Waals surface area contributed by atoms with Crippen LogP contribution in [-0.2, 0) is 22.3 Å². The molecular weight excluding hydrogens is 431 g/mol. The second kappa shape index (κ2) is 10.0. The van der Waals surface area contributed by atoms with E-state index < -0.39 is 22.4 Å². The summed E-state index contributed by atoms with van der Waals surface area (Å²) in [4.78, 5) is 27.0. The smallest absolute Gasteiger partial charge is 0.416 e. The molecular formula is C21H24F3N3O5. The number of anilines is 1. The van der Waals surface area contributed by atoms with Crippen LogP contribution in [0.1, 0.15) is 24.2 Å². The first-order valence-electron chi connectivity index (χ1n) is 10.1. The van der Waals surface area contributed by atoms with Gasteiger partial charge in [0.2, 0.25) is 5.91 Å². The van der Waals surface area contributed by atoms with Crippen molar-refractivity contribution in [2.45, 2.75) is 25.6 Å². The highest BCUT2D eigenvalue weighted by Crippen LogP contribution is 2.37. The van der Waals surface area contributed by atoms with Crippen molar-refractivity contribution in [2.24, 2.45) is 5.92 Å². The molecule has 0 atom stereocenters. The first kappa shape index (κ1) is 23.6. The summed E-state index contributed by atoms with van der Waals surface area (Å²) in [5, 5.41) is 11.4. The van der Waals surface area contributed by atoms with Crippen LogP contribution in [-0.4, -0.2) is 49.1 Å². The molecule has 8 nitrogen and oxygen atoms in total. The summed E-state index contributed by atoms with van der Waals surface area (Å²) in [6, 6.07) is 6.05. The number of ether oxygens (including phenoxy) is 1. The van der Waals surface area contributed by atoms with Crippen LogP contribution in [0.3, 0.4) is 0 Å². The third-order valence-electron chi connectivity index (χ3n) is 5.49. The molecule has 1 amide bonds. The number of carbonyl (C=O) groups excluding carboxylic acids is 1. The van der Waals surface area contributed by atoms with E-state index in [2.05, 4.69) is 0 Å². The van der Waals surface area contributed by atoms with E-state index in [1.807, 2.05) is 0 Å². The zero-order valence-corrected chi connectivity index (χ0v) is 17.5. The molecule has 1 aromatic carbocycles. The molecule has 1 fully saturated rings. The number of alkyl halides is 3. The largest absolute Gasteiger partial charge is 0.467 e. The summed E-state index contributed by atoms with van der Waals surface area (Å²) < 4.78 is 49.3. The van der Waals surface area contributed by atoms with Gasteiger partial charge in [0.05, 0.1) is 29.9 Å². The highest BCUT2D eigenvalue weighted by Gasteiger charge is 2.35. The number of rotatable bonds is 8. The van der Waals surface area contributed by atoms with Crippen LogP contribution < -0.4 is 4.90 Å². The summed E-state index contributed by atoms with van der Waals surface area (Å²) >= 11 is 0. The van der Waals surface area contributed by atoms with E-state index in [0.717, 1.165) is 12.1 Å². The van der Waals surface area contributed by atoms with Gasteiger partial charge in [0.1, 0.15) is 11.4 Å². The number of nitro benzene ring substituents is 1. The van der Waals surface area contributed by atoms with Gasteiger partial charge in [-0.1, -0.05) is 0 Å². The summed E-state index contributed by atoms with van der Waals surface area (Å²) in [6.45, 7) is 1.70. The predicted molar refractivity (Wildman–Crippen MR) is 109 cm³/mol. The van der Waals surface area contributed by atoms with Gasteiger partial charge in [0.15, 0.2) is 0 Å². The van der Waals surface area contributed by atoms with E-state index in [1.54, 1.807) is 29.0 Å². The fourth-order valence-corrected chi connectivity index (χ4v) is 3.80. The third kappa shape index (κ3) is 5.58. The Morgan fingerprint density at radius 2 is 2.03 bits per heavy atom. The van der Waals surface area contributed by atoms with Crippen molar-refractivity contribution in [1.29, 1.82) is 0 Å². The Balaban J connectivity index is 1.69. The number of halogens is 3. The van der Waals surface area contributed by atoms with Crippen LogP contribution >= 0.6 is 0 Å². The van der Waals surface area contributed by atoms with E-state index >= 15 is 0 Å². The highest BCUT2D eigenvalue weighted by molar-refractivity contribution is 5.79. The van der Waals surface area contributed by atoms with Crippen molar-refractivity contribution in [1.82, 2.24) is 4.90 Å². The maximum Gasteiger partial charge on any atom is 0.416 e. The fourth-order valence-electron chi connectivity index (χ4n) is 3.80. The second-order valence-corrected chi connectivity index (χ2v) is 7.55. The van der Waals surface area contributed by atoms with Crippen LogP contribution in [0.5, 0.6) is 0 Å². The van der Waals surface area contributed by atoms with E-state index in [0.29, 0.717) is 57.5 Å². The Kier molecular flexibility index (Phi) is 7.39. The molecule has 174 valence electrons. The average Bonchev–Trinajstić information content (AvgIpc) is 3.28. The third-order valence-corrected chi connectivity index (χ3v) is 5.49. The normalized spacial score (nSPS) is 15.1. The molecule has 1 aromatic heterocycles. The van der Waals surface area contributed by atoms with Crippen molar-refractivity contribution in [3.05, 3.63) is 58.0 Å². The molecule has 3 rings (SSSR count). The minimum absolute atomic E-state index is 0.0694. The quantitative estimate of drug-likeness (QED) is 0.440. The molecule has 0 aliphatic carbocycles. The van der Waals surface area contributed by atoms with Gasteiger partial charge in [-0.15, -0.1) is 0 Å². The highest BCUT2D eigenvalue weighted by atomic mass is 19.4. The number of hydrogen-bond donors (Lipinski definition) is 0. The number of carbonyl (C=O) groups is 1. The lowest BCUT2D eigenvalue weighted by atomic mass is 9.94. The summed E-state index contributed by atoms with van der Waals surface area (Å²) in [5.41, 5.74) is -1.53. The van der Waals surface area contributed by atoms with Crippen LogP contribution in [0.25, 0.3) is 0 Å². The number of benzene rings is 1. The Bertz CT molecular complexity index is 925. The Hall–Kier alpha value is -3.08. The zero-order chi connectivity index (χ0) is 23.3. The van der Waals surface area contributed by atoms with E-state index in [4.69, 9.17) is 9.15 Å². The van der Waals surface area contributed by atoms with Gasteiger partial charge in [-0.25, -0.2) is 0 Å². The monoisotopic (exact) mass is 455 g/mol. The van der Waals surface area contributed by atoms with Crippen LogP contribution in [0, 0.1) is 16.0 Å². The molecule has 0 saturated carbocycles. The molecule has 32 heavy (non-hydrogen) atoms. The van der Waals surface area contributed by atoms with Crippen molar-refractivity contribution in [3.63, 3.8) is 0 Å². The number of hydrogen-bond acceptors (Lipinski definition) is 6. The lowest BCUT2D eigenvalue weighted by Gasteiger charge is -2.35. The molecule has 0 radical (unpaired) electrons. The molecule has 1 aliphatic rings. The van der Waals surface area contributed by atoms with E-state index in [1.165, 1.54) is 6.26 Å². The number of furan rings is 1. The molecule has 11 heteroatoms. The lowest BCUT2D eigenvalue weighted by Crippen LogP contribution is -2.43. The SMILES string of the molecule is COCCN(Cc1ccco1)C(=O)C1CCN(c2ccc(C(F)(F)F)cc2[N+](=O)[O-])CC1. The van der Waals surface area contributed by atoms with Crippen molar-refractivity contribution >= 4 is 17.3 Å². The van der Waals surface area contributed by atoms with Gasteiger partial charge >= 0.3 is 6.18 Å². The minimum Gasteiger partial charge on any atom is -0.467 e. The summed E-state index contributed by atoms with van der Waals surface area (Å²) in [7, 11) is 1.55. The Morgan fingerprint density at radius 1 is 1.31 bits per heavy atom. The predicted octanol–water partition coefficient (Wildman–Crippen LogP) is 4.10. The summed E-state index contributed by atoms with van der Waals surface area (Å²) in [6.07, 6.45) is -2.27. The molecule has 1 aliphatic heterocycles. The van der Waals surface area contributed by atoms with Crippen LogP contribution in [0.15, 0.2) is 41.0 Å². The molecule has 0 unspecified atom stereocenters. The topological polar surface area (TPSA) is 89.1 Å². The van der Waals surface area contributed by atoms with Crippen molar-refractivity contribution < 1.29 is 32.0 Å². The van der Waals surface area contributed by atoms with Gasteiger partial charge < -0.3 is 19.0 Å². The van der Waals surface area contributed by atoms with Gasteiger partial charge in [-0.2, -0.15) is 13.2 Å². The maximum absolute atomic E-state index is 13.1. The number of nitrogens with zero attached hydrogens (tertiary/aromatic N) is 3. The molecule has 2 aromatic rings. The van der Waals surface area contributed by atoms with Crippen molar-refractivity contribution in [2.75, 3.05) is 38.3 Å². The van der Waals surface area contributed by atoms with E-state index in [-0.39, 0.29) is 17.5 Å². The zero-order valence-electron chi connectivity index (χ0n) is 17.5. The standard InChI is InChI=1S/C21H24F3N3O5/c1-31-12-10-26(14-17-3-2-11-32-17)20(28)15-6-8-25(9-7-15)18-5-4-16(21(22,23)24)13-19(18)27(29)30/h2-5,11,13,15H,6-10,12,14H2,1H3. The Labute approximate surface area is 182 Å². The number of methoxy groups -OCH3 is 1. The molecule has 2 heterocycles. The van der Waals surface area contributed by atoms with Crippen LogP contribution in [0.2, 0.25) is 0 Å². The number of piperidine rings is 1. The van der Waals surface area contributed by atoms with Gasteiger partial charge in [-0.3, -0.25) is 14.9 Å². The maximum atomic E-state index is 13.1. The van der Waals surface area contributed by atoms with E-state index in [9.17, 15) is 28.1 Å². The molecule has 0 N–H and O–H groups in total. The second-order valence-electron chi connectivity index (χ2n) is 7.55. The first-order valence-corrected chi connectivity index (χ1v) is 10.1. The Morgan fingerprint density at radius 3 is 2.59 bits per heavy atom. The lowest BCUT2D eigenvalue weighted by molar-refractivity contribution is -0.384. The van der Waals surface area contributed by atoms with Gasteiger partial charge in [0, 0.05) is 38.7 Å². The molecule has 0 spiro atoms. The summed E-state index contributed by atoms with van der Waals surface area (Å²) in [5.74, 6) is 0.277. The molecule has 1 saturated heterocycles. The van der Waals surface area contributed by atoms with Crippen molar-refractivity contribution in [3.8, 4) is 0 Å².